The molecule has 0 aliphatic heterocycles. The van der Waals surface area contributed by atoms with E-state index in [1.165, 1.54) is 0 Å². The maximum absolute atomic E-state index is 11.4. The molecule has 0 fully saturated rings. The number of rotatable bonds is 7. The summed E-state index contributed by atoms with van der Waals surface area (Å²) in [5.74, 6) is -0.227. The predicted molar refractivity (Wildman–Crippen MR) is 56.2 cm³/mol. The first-order chi connectivity index (χ1) is 6.65. The van der Waals surface area contributed by atoms with E-state index in [0.717, 1.165) is 12.8 Å². The van der Waals surface area contributed by atoms with Crippen molar-refractivity contribution in [2.75, 3.05) is 6.61 Å². The minimum atomic E-state index is -0.392. The third kappa shape index (κ3) is 5.22. The van der Waals surface area contributed by atoms with Gasteiger partial charge >= 0.3 is 5.97 Å². The second kappa shape index (κ2) is 7.80. The van der Waals surface area contributed by atoms with E-state index in [1.807, 2.05) is 27.7 Å². The van der Waals surface area contributed by atoms with Crippen LogP contribution in [0.1, 0.15) is 47.0 Å². The van der Waals surface area contributed by atoms with E-state index in [1.54, 1.807) is 0 Å². The summed E-state index contributed by atoms with van der Waals surface area (Å²) in [4.78, 5) is 11.4. The van der Waals surface area contributed by atoms with Crippen LogP contribution < -0.4 is 0 Å². The van der Waals surface area contributed by atoms with Crippen LogP contribution in [0.2, 0.25) is 0 Å². The lowest BCUT2D eigenvalue weighted by molar-refractivity contribution is -0.160. The number of hydrogen-bond acceptors (Lipinski definition) is 3. The van der Waals surface area contributed by atoms with Gasteiger partial charge in [0.1, 0.15) is 0 Å². The molecule has 0 aromatic carbocycles. The zero-order chi connectivity index (χ0) is 11.0. The van der Waals surface area contributed by atoms with Crippen molar-refractivity contribution in [3.8, 4) is 0 Å². The Morgan fingerprint density at radius 1 is 1.21 bits per heavy atom. The highest BCUT2D eigenvalue weighted by molar-refractivity contribution is 5.74. The molecule has 14 heavy (non-hydrogen) atoms. The molecule has 0 aliphatic carbocycles. The molecule has 0 amide bonds. The summed E-state index contributed by atoms with van der Waals surface area (Å²) < 4.78 is 10.6. The number of carbonyl (C=O) groups is 1. The van der Waals surface area contributed by atoms with Gasteiger partial charge in [-0.25, -0.2) is 4.79 Å². The summed E-state index contributed by atoms with van der Waals surface area (Å²) in [5.41, 5.74) is 0. The van der Waals surface area contributed by atoms with Gasteiger partial charge in [0.2, 0.25) is 0 Å². The number of ether oxygens (including phenoxy) is 2. The van der Waals surface area contributed by atoms with Gasteiger partial charge in [0, 0.05) is 0 Å². The smallest absolute Gasteiger partial charge is 0.335 e. The molecule has 84 valence electrons. The predicted octanol–water partition coefficient (Wildman–Crippen LogP) is 2.53. The first kappa shape index (κ1) is 13.4. The highest BCUT2D eigenvalue weighted by Gasteiger charge is 2.20. The maximum atomic E-state index is 11.4. The maximum Gasteiger partial charge on any atom is 0.335 e. The Kier molecular flexibility index (Phi) is 7.48. The monoisotopic (exact) mass is 202 g/mol. The van der Waals surface area contributed by atoms with Gasteiger partial charge in [-0.3, -0.25) is 0 Å². The minimum absolute atomic E-state index is 0.120. The van der Waals surface area contributed by atoms with Gasteiger partial charge in [-0.05, 0) is 26.2 Å². The fraction of sp³-hybridized carbons (Fsp3) is 0.909. The van der Waals surface area contributed by atoms with E-state index >= 15 is 0 Å². The number of esters is 1. The lowest BCUT2D eigenvalue weighted by atomic mass is 10.2. The first-order valence-corrected chi connectivity index (χ1v) is 5.47. The molecule has 0 aliphatic rings. The van der Waals surface area contributed by atoms with E-state index in [9.17, 15) is 4.79 Å². The summed E-state index contributed by atoms with van der Waals surface area (Å²) in [5, 5.41) is 0. The highest BCUT2D eigenvalue weighted by atomic mass is 16.6. The van der Waals surface area contributed by atoms with Crippen LogP contribution in [0.5, 0.6) is 0 Å². The van der Waals surface area contributed by atoms with Crippen LogP contribution in [-0.2, 0) is 14.3 Å². The molecule has 2 unspecified atom stereocenters. The Labute approximate surface area is 86.8 Å². The van der Waals surface area contributed by atoms with E-state index in [4.69, 9.17) is 9.47 Å². The Bertz CT molecular complexity index is 157. The van der Waals surface area contributed by atoms with Crippen molar-refractivity contribution in [1.29, 1.82) is 0 Å². The van der Waals surface area contributed by atoms with E-state index < -0.39 is 6.10 Å². The molecular weight excluding hydrogens is 180 g/mol. The first-order valence-electron chi connectivity index (χ1n) is 5.47. The second-order valence-corrected chi connectivity index (χ2v) is 3.42. The van der Waals surface area contributed by atoms with Crippen LogP contribution in [0.4, 0.5) is 0 Å². The van der Waals surface area contributed by atoms with Crippen LogP contribution in [0.25, 0.3) is 0 Å². The molecule has 0 saturated heterocycles. The van der Waals surface area contributed by atoms with Gasteiger partial charge in [-0.1, -0.05) is 20.8 Å². The van der Waals surface area contributed by atoms with Crippen molar-refractivity contribution in [2.45, 2.75) is 59.2 Å². The average molecular weight is 202 g/mol. The summed E-state index contributed by atoms with van der Waals surface area (Å²) in [6.45, 7) is 8.40. The van der Waals surface area contributed by atoms with Crippen LogP contribution in [0.15, 0.2) is 0 Å². The van der Waals surface area contributed by atoms with Crippen molar-refractivity contribution in [2.24, 2.45) is 0 Å². The third-order valence-corrected chi connectivity index (χ3v) is 2.05. The molecule has 3 heteroatoms. The minimum Gasteiger partial charge on any atom is -0.464 e. The number of hydrogen-bond donors (Lipinski definition) is 0. The highest BCUT2D eigenvalue weighted by Crippen LogP contribution is 2.07. The van der Waals surface area contributed by atoms with E-state index in [2.05, 4.69) is 0 Å². The molecule has 0 N–H and O–H groups in total. The Hall–Kier alpha value is -0.570. The molecule has 0 bridgehead atoms. The summed E-state index contributed by atoms with van der Waals surface area (Å²) in [7, 11) is 0. The van der Waals surface area contributed by atoms with E-state index in [0.29, 0.717) is 13.0 Å². The zero-order valence-corrected chi connectivity index (χ0v) is 9.71. The van der Waals surface area contributed by atoms with Crippen LogP contribution in [0, 0.1) is 0 Å². The van der Waals surface area contributed by atoms with Gasteiger partial charge in [0.25, 0.3) is 0 Å². The van der Waals surface area contributed by atoms with Crippen LogP contribution in [0.3, 0.4) is 0 Å². The van der Waals surface area contributed by atoms with Crippen molar-refractivity contribution >= 4 is 5.97 Å². The fourth-order valence-electron chi connectivity index (χ4n) is 0.991. The fourth-order valence-corrected chi connectivity index (χ4v) is 0.991. The normalized spacial score (nSPS) is 14.9. The Morgan fingerprint density at radius 2 is 1.86 bits per heavy atom. The molecule has 3 nitrogen and oxygen atoms in total. The molecule has 0 aromatic rings. The summed E-state index contributed by atoms with van der Waals surface area (Å²) >= 11 is 0. The Balaban J connectivity index is 3.92. The molecule has 0 rings (SSSR count). The van der Waals surface area contributed by atoms with Crippen molar-refractivity contribution in [1.82, 2.24) is 0 Å². The standard InChI is InChI=1S/C11H22O3/c1-5-8-13-11(12)10(7-3)14-9(4)6-2/h9-10H,5-8H2,1-4H3. The molecule has 0 saturated carbocycles. The largest absolute Gasteiger partial charge is 0.464 e. The topological polar surface area (TPSA) is 35.5 Å². The third-order valence-electron chi connectivity index (χ3n) is 2.05. The summed E-state index contributed by atoms with van der Waals surface area (Å²) in [6, 6.07) is 0. The van der Waals surface area contributed by atoms with Gasteiger partial charge in [-0.2, -0.15) is 0 Å². The van der Waals surface area contributed by atoms with Gasteiger partial charge in [0.05, 0.1) is 12.7 Å². The van der Waals surface area contributed by atoms with Gasteiger partial charge in [-0.15, -0.1) is 0 Å². The van der Waals surface area contributed by atoms with Crippen molar-refractivity contribution < 1.29 is 14.3 Å². The van der Waals surface area contributed by atoms with Crippen molar-refractivity contribution in [3.63, 3.8) is 0 Å². The molecule has 0 spiro atoms. The van der Waals surface area contributed by atoms with Crippen LogP contribution in [-0.4, -0.2) is 24.8 Å². The lowest BCUT2D eigenvalue weighted by Crippen LogP contribution is -2.29. The second-order valence-electron chi connectivity index (χ2n) is 3.42. The molecule has 0 heterocycles. The van der Waals surface area contributed by atoms with Crippen LogP contribution >= 0.6 is 0 Å². The molecular formula is C11H22O3. The Morgan fingerprint density at radius 3 is 2.29 bits per heavy atom. The van der Waals surface area contributed by atoms with Crippen molar-refractivity contribution in [3.05, 3.63) is 0 Å². The van der Waals surface area contributed by atoms with Gasteiger partial charge in [0.15, 0.2) is 6.10 Å². The summed E-state index contributed by atoms with van der Waals surface area (Å²) in [6.07, 6.45) is 2.17. The quantitative estimate of drug-likeness (QED) is 0.595. The number of carbonyl (C=O) groups excluding carboxylic acids is 1. The van der Waals surface area contributed by atoms with Gasteiger partial charge < -0.3 is 9.47 Å². The SMILES string of the molecule is CCCOC(=O)C(CC)OC(C)CC. The molecule has 2 atom stereocenters. The average Bonchev–Trinajstić information content (AvgIpc) is 2.21. The molecule has 0 aromatic heterocycles. The van der Waals surface area contributed by atoms with E-state index in [-0.39, 0.29) is 12.1 Å². The molecule has 0 radical (unpaired) electrons. The lowest BCUT2D eigenvalue weighted by Gasteiger charge is -2.18. The zero-order valence-electron chi connectivity index (χ0n) is 9.71.